The van der Waals surface area contributed by atoms with Crippen molar-refractivity contribution in [2.45, 2.75) is 25.8 Å². The molecular formula is C21H27N3O3. The van der Waals surface area contributed by atoms with E-state index in [1.165, 1.54) is 18.4 Å². The van der Waals surface area contributed by atoms with Crippen LogP contribution in [0.5, 0.6) is 5.75 Å². The van der Waals surface area contributed by atoms with E-state index >= 15 is 0 Å². The summed E-state index contributed by atoms with van der Waals surface area (Å²) in [6.07, 6.45) is 4.02. The zero-order chi connectivity index (χ0) is 19.1. The molecule has 0 radical (unpaired) electrons. The molecule has 1 unspecified atom stereocenters. The van der Waals surface area contributed by atoms with Gasteiger partial charge in [0, 0.05) is 12.7 Å². The molecule has 1 fully saturated rings. The van der Waals surface area contributed by atoms with Crippen molar-refractivity contribution in [1.82, 2.24) is 9.88 Å². The number of pyridine rings is 1. The maximum atomic E-state index is 11.7. The summed E-state index contributed by atoms with van der Waals surface area (Å²) >= 11 is 0. The van der Waals surface area contributed by atoms with E-state index in [1.54, 1.807) is 26.3 Å². The third-order valence-electron chi connectivity index (χ3n) is 4.83. The van der Waals surface area contributed by atoms with E-state index in [0.717, 1.165) is 31.2 Å². The van der Waals surface area contributed by atoms with Crippen LogP contribution in [0, 0.1) is 0 Å². The number of nitrogens with one attached hydrogen (secondary N) is 1. The van der Waals surface area contributed by atoms with Crippen molar-refractivity contribution >= 4 is 11.8 Å². The minimum Gasteiger partial charge on any atom is -0.497 e. The van der Waals surface area contributed by atoms with E-state index in [4.69, 9.17) is 9.47 Å². The smallest absolute Gasteiger partial charge is 0.339 e. The van der Waals surface area contributed by atoms with Gasteiger partial charge in [-0.25, -0.2) is 9.78 Å². The van der Waals surface area contributed by atoms with Gasteiger partial charge in [0.05, 0.1) is 25.3 Å². The van der Waals surface area contributed by atoms with Gasteiger partial charge >= 0.3 is 5.97 Å². The number of esters is 1. The van der Waals surface area contributed by atoms with Crippen molar-refractivity contribution in [3.05, 3.63) is 53.7 Å². The number of hydrogen-bond donors (Lipinski definition) is 1. The zero-order valence-electron chi connectivity index (χ0n) is 16.0. The first kappa shape index (κ1) is 19.2. The highest BCUT2D eigenvalue weighted by Gasteiger charge is 2.23. The lowest BCUT2D eigenvalue weighted by Gasteiger charge is -2.28. The molecule has 1 aliphatic rings. The van der Waals surface area contributed by atoms with Crippen LogP contribution in [0.2, 0.25) is 0 Å². The summed E-state index contributed by atoms with van der Waals surface area (Å²) in [6, 6.07) is 12.1. The van der Waals surface area contributed by atoms with Crippen LogP contribution >= 0.6 is 0 Å². The molecule has 0 aliphatic carbocycles. The number of rotatable bonds is 8. The van der Waals surface area contributed by atoms with Crippen LogP contribution in [-0.4, -0.2) is 49.2 Å². The molecule has 0 bridgehead atoms. The number of carbonyl (C=O) groups excluding carboxylic acids is 1. The molecule has 1 N–H and O–H groups in total. The lowest BCUT2D eigenvalue weighted by Crippen LogP contribution is -2.31. The van der Waals surface area contributed by atoms with Crippen LogP contribution < -0.4 is 10.1 Å². The number of nitrogens with zero attached hydrogens (tertiary/aromatic N) is 2. The molecule has 144 valence electrons. The molecule has 3 rings (SSSR count). The summed E-state index contributed by atoms with van der Waals surface area (Å²) in [5, 5.41) is 3.41. The summed E-state index contributed by atoms with van der Waals surface area (Å²) < 4.78 is 10.3. The first-order valence-corrected chi connectivity index (χ1v) is 9.46. The molecule has 1 saturated heterocycles. The lowest BCUT2D eigenvalue weighted by molar-refractivity contribution is 0.0526. The van der Waals surface area contributed by atoms with E-state index in [9.17, 15) is 4.79 Å². The summed E-state index contributed by atoms with van der Waals surface area (Å²) in [5.74, 6) is 1.27. The fraction of sp³-hybridized carbons (Fsp3) is 0.429. The Morgan fingerprint density at radius 1 is 1.19 bits per heavy atom. The average molecular weight is 369 g/mol. The summed E-state index contributed by atoms with van der Waals surface area (Å²) in [7, 11) is 1.68. The largest absolute Gasteiger partial charge is 0.497 e. The minimum absolute atomic E-state index is 0.268. The van der Waals surface area contributed by atoms with Gasteiger partial charge in [-0.1, -0.05) is 12.1 Å². The second-order valence-electron chi connectivity index (χ2n) is 6.57. The fourth-order valence-corrected chi connectivity index (χ4v) is 3.37. The third-order valence-corrected chi connectivity index (χ3v) is 4.83. The molecule has 0 spiro atoms. The second-order valence-corrected chi connectivity index (χ2v) is 6.57. The molecule has 0 amide bonds. The maximum Gasteiger partial charge on any atom is 0.339 e. The van der Waals surface area contributed by atoms with Crippen molar-refractivity contribution in [2.75, 3.05) is 38.7 Å². The average Bonchev–Trinajstić information content (AvgIpc) is 3.24. The SMILES string of the molecule is CCOC(=O)c1ccc(NCC(c2ccc(OC)cc2)N2CCCC2)nc1. The number of carbonyl (C=O) groups is 1. The quantitative estimate of drug-likeness (QED) is 0.719. The first-order valence-electron chi connectivity index (χ1n) is 9.46. The molecule has 0 saturated carbocycles. The van der Waals surface area contributed by atoms with Gasteiger partial charge in [-0.3, -0.25) is 4.90 Å². The number of aromatic nitrogens is 1. The number of ether oxygens (including phenoxy) is 2. The molecule has 1 aliphatic heterocycles. The summed E-state index contributed by atoms with van der Waals surface area (Å²) in [4.78, 5) is 18.6. The number of anilines is 1. The molecule has 6 nitrogen and oxygen atoms in total. The van der Waals surface area contributed by atoms with E-state index < -0.39 is 0 Å². The van der Waals surface area contributed by atoms with E-state index in [1.807, 2.05) is 18.2 Å². The number of likely N-dealkylation sites (tertiary alicyclic amines) is 1. The number of methoxy groups -OCH3 is 1. The predicted octanol–water partition coefficient (Wildman–Crippen LogP) is 3.52. The zero-order valence-corrected chi connectivity index (χ0v) is 16.0. The monoisotopic (exact) mass is 369 g/mol. The lowest BCUT2D eigenvalue weighted by atomic mass is 10.1. The fourth-order valence-electron chi connectivity index (χ4n) is 3.37. The van der Waals surface area contributed by atoms with Crippen LogP contribution in [0.3, 0.4) is 0 Å². The van der Waals surface area contributed by atoms with Gasteiger partial charge in [0.15, 0.2) is 0 Å². The normalized spacial score (nSPS) is 15.3. The summed E-state index contributed by atoms with van der Waals surface area (Å²) in [5.41, 5.74) is 1.72. The van der Waals surface area contributed by atoms with Gasteiger partial charge in [-0.2, -0.15) is 0 Å². The molecule has 2 heterocycles. The van der Waals surface area contributed by atoms with E-state index in [2.05, 4.69) is 27.3 Å². The Bertz CT molecular complexity index is 725. The number of hydrogen-bond acceptors (Lipinski definition) is 6. The summed E-state index contributed by atoms with van der Waals surface area (Å²) in [6.45, 7) is 5.11. The van der Waals surface area contributed by atoms with E-state index in [-0.39, 0.29) is 12.0 Å². The van der Waals surface area contributed by atoms with Gasteiger partial charge < -0.3 is 14.8 Å². The third kappa shape index (κ3) is 4.98. The van der Waals surface area contributed by atoms with Gasteiger partial charge in [-0.05, 0) is 62.7 Å². The van der Waals surface area contributed by atoms with Gasteiger partial charge in [0.25, 0.3) is 0 Å². The van der Waals surface area contributed by atoms with Crippen LogP contribution in [-0.2, 0) is 4.74 Å². The molecule has 1 aromatic heterocycles. The highest BCUT2D eigenvalue weighted by molar-refractivity contribution is 5.89. The second kappa shape index (κ2) is 9.37. The first-order chi connectivity index (χ1) is 13.2. The molecule has 27 heavy (non-hydrogen) atoms. The van der Waals surface area contributed by atoms with Crippen molar-refractivity contribution in [1.29, 1.82) is 0 Å². The highest BCUT2D eigenvalue weighted by Crippen LogP contribution is 2.27. The Labute approximate surface area is 160 Å². The Morgan fingerprint density at radius 3 is 2.52 bits per heavy atom. The van der Waals surface area contributed by atoms with Gasteiger partial charge in [0.1, 0.15) is 11.6 Å². The molecule has 1 atom stereocenters. The highest BCUT2D eigenvalue weighted by atomic mass is 16.5. The van der Waals surface area contributed by atoms with Crippen LogP contribution in [0.4, 0.5) is 5.82 Å². The Hall–Kier alpha value is -2.60. The van der Waals surface area contributed by atoms with Gasteiger partial charge in [0.2, 0.25) is 0 Å². The topological polar surface area (TPSA) is 63.7 Å². The number of benzene rings is 1. The van der Waals surface area contributed by atoms with Crippen molar-refractivity contribution in [3.63, 3.8) is 0 Å². The Kier molecular flexibility index (Phi) is 6.65. The van der Waals surface area contributed by atoms with Crippen LogP contribution in [0.1, 0.15) is 41.7 Å². The van der Waals surface area contributed by atoms with Gasteiger partial charge in [-0.15, -0.1) is 0 Å². The molecule has 1 aromatic carbocycles. The minimum atomic E-state index is -0.343. The van der Waals surface area contributed by atoms with Crippen molar-refractivity contribution in [3.8, 4) is 5.75 Å². The molecule has 6 heteroatoms. The molecule has 2 aromatic rings. The standard InChI is InChI=1S/C21H27N3O3/c1-3-27-21(25)17-8-11-20(22-14-17)23-15-19(24-12-4-5-13-24)16-6-9-18(26-2)10-7-16/h6-11,14,19H,3-5,12-13,15H2,1-2H3,(H,22,23). The Balaban J connectivity index is 1.68. The Morgan fingerprint density at radius 2 is 1.93 bits per heavy atom. The molecular weight excluding hydrogens is 342 g/mol. The van der Waals surface area contributed by atoms with Crippen molar-refractivity contribution < 1.29 is 14.3 Å². The van der Waals surface area contributed by atoms with Crippen LogP contribution in [0.15, 0.2) is 42.6 Å². The maximum absolute atomic E-state index is 11.7. The predicted molar refractivity (Wildman–Crippen MR) is 105 cm³/mol. The van der Waals surface area contributed by atoms with Crippen molar-refractivity contribution in [2.24, 2.45) is 0 Å². The van der Waals surface area contributed by atoms with Crippen LogP contribution in [0.25, 0.3) is 0 Å². The van der Waals surface area contributed by atoms with E-state index in [0.29, 0.717) is 12.2 Å².